The van der Waals surface area contributed by atoms with Gasteiger partial charge in [0, 0.05) is 24.7 Å². The quantitative estimate of drug-likeness (QED) is 0.629. The van der Waals surface area contributed by atoms with E-state index in [4.69, 9.17) is 4.74 Å². The van der Waals surface area contributed by atoms with Crippen LogP contribution in [0.5, 0.6) is 0 Å². The van der Waals surface area contributed by atoms with Crippen LogP contribution >= 0.6 is 0 Å². The third kappa shape index (κ3) is 4.44. The molecule has 0 radical (unpaired) electrons. The lowest BCUT2D eigenvalue weighted by molar-refractivity contribution is -0.384. The highest BCUT2D eigenvalue weighted by atomic mass is 32.2. The number of carbonyl (C=O) groups excluding carboxylic acids is 1. The summed E-state index contributed by atoms with van der Waals surface area (Å²) in [5, 5.41) is 11.1. The predicted octanol–water partition coefficient (Wildman–Crippen LogP) is 2.98. The van der Waals surface area contributed by atoms with Gasteiger partial charge in [-0.15, -0.1) is 0 Å². The van der Waals surface area contributed by atoms with Crippen molar-refractivity contribution in [2.45, 2.75) is 50.4 Å². The molecule has 146 valence electrons. The van der Waals surface area contributed by atoms with Crippen LogP contribution in [-0.4, -0.2) is 54.0 Å². The van der Waals surface area contributed by atoms with Gasteiger partial charge in [0.25, 0.3) is 5.69 Å². The van der Waals surface area contributed by atoms with E-state index in [1.54, 1.807) is 4.90 Å². The molecule has 9 nitrogen and oxygen atoms in total. The fourth-order valence-corrected chi connectivity index (χ4v) is 4.30. The second-order valence-corrected chi connectivity index (χ2v) is 8.89. The van der Waals surface area contributed by atoms with Gasteiger partial charge in [-0.3, -0.25) is 14.3 Å². The molecule has 27 heavy (non-hydrogen) atoms. The number of nitro benzene ring substituents is 1. The first-order valence-electron chi connectivity index (χ1n) is 8.66. The van der Waals surface area contributed by atoms with E-state index >= 15 is 0 Å². The van der Waals surface area contributed by atoms with Gasteiger partial charge in [0.2, 0.25) is 0 Å². The maximum atomic E-state index is 12.7. The predicted molar refractivity (Wildman–Crippen MR) is 100.0 cm³/mol. The molecule has 0 aliphatic carbocycles. The van der Waals surface area contributed by atoms with Gasteiger partial charge in [-0.2, -0.15) is 0 Å². The maximum absolute atomic E-state index is 12.7. The summed E-state index contributed by atoms with van der Waals surface area (Å²) in [4.78, 5) is 31.5. The molecule has 10 heteroatoms. The standard InChI is InChI=1S/C17H22N4O5S/c1-17(2,3)26-16(22)20-8-4-5-12(20)10-27(25)15-18-13-7-6-11(21(23)24)9-14(13)19-15/h6-7,9,12H,4-5,8,10H2,1-3H3,(H,18,19)/t12-,27-/m1/s1. The van der Waals surface area contributed by atoms with E-state index in [9.17, 15) is 19.1 Å². The summed E-state index contributed by atoms with van der Waals surface area (Å²) in [5.74, 6) is 0.237. The second kappa shape index (κ2) is 7.26. The zero-order valence-electron chi connectivity index (χ0n) is 15.4. The summed E-state index contributed by atoms with van der Waals surface area (Å²) in [6.45, 7) is 5.99. The number of aromatic nitrogens is 2. The summed E-state index contributed by atoms with van der Waals surface area (Å²) in [6.07, 6.45) is 1.17. The Morgan fingerprint density at radius 1 is 1.48 bits per heavy atom. The van der Waals surface area contributed by atoms with Crippen molar-refractivity contribution in [1.29, 1.82) is 0 Å². The molecule has 0 unspecified atom stereocenters. The minimum Gasteiger partial charge on any atom is -0.444 e. The lowest BCUT2D eigenvalue weighted by Crippen LogP contribution is -2.42. The van der Waals surface area contributed by atoms with E-state index in [0.29, 0.717) is 17.6 Å². The van der Waals surface area contributed by atoms with Gasteiger partial charge in [-0.05, 0) is 39.7 Å². The molecule has 2 atom stereocenters. The van der Waals surface area contributed by atoms with Gasteiger partial charge in [-0.25, -0.2) is 9.78 Å². The monoisotopic (exact) mass is 394 g/mol. The van der Waals surface area contributed by atoms with E-state index in [1.165, 1.54) is 18.2 Å². The molecular weight excluding hydrogens is 372 g/mol. The first-order chi connectivity index (χ1) is 12.6. The van der Waals surface area contributed by atoms with E-state index < -0.39 is 27.4 Å². The molecule has 0 bridgehead atoms. The molecule has 3 rings (SSSR count). The number of aromatic amines is 1. The Balaban J connectivity index is 1.73. The Morgan fingerprint density at radius 2 is 2.22 bits per heavy atom. The minimum atomic E-state index is -1.47. The molecule has 1 aliphatic rings. The van der Waals surface area contributed by atoms with Gasteiger partial charge in [0.15, 0.2) is 5.16 Å². The van der Waals surface area contributed by atoms with Crippen molar-refractivity contribution in [3.63, 3.8) is 0 Å². The van der Waals surface area contributed by atoms with Crippen molar-refractivity contribution in [1.82, 2.24) is 14.9 Å². The number of ether oxygens (including phenoxy) is 1. The Hall–Kier alpha value is -2.49. The molecule has 2 aromatic rings. The average Bonchev–Trinajstić information content (AvgIpc) is 3.18. The highest BCUT2D eigenvalue weighted by Crippen LogP contribution is 2.24. The van der Waals surface area contributed by atoms with Crippen molar-refractivity contribution in [2.24, 2.45) is 0 Å². The summed E-state index contributed by atoms with van der Waals surface area (Å²) >= 11 is 0. The number of hydrogen-bond donors (Lipinski definition) is 1. The maximum Gasteiger partial charge on any atom is 0.410 e. The number of likely N-dealkylation sites (tertiary alicyclic amines) is 1. The van der Waals surface area contributed by atoms with Crippen molar-refractivity contribution in [2.75, 3.05) is 12.3 Å². The highest BCUT2D eigenvalue weighted by molar-refractivity contribution is 7.84. The van der Waals surface area contributed by atoms with Crippen LogP contribution in [0.2, 0.25) is 0 Å². The number of rotatable bonds is 4. The summed E-state index contributed by atoms with van der Waals surface area (Å²) < 4.78 is 18.2. The zero-order valence-corrected chi connectivity index (χ0v) is 16.2. The number of benzene rings is 1. The molecular formula is C17H22N4O5S. The Bertz CT molecular complexity index is 904. The van der Waals surface area contributed by atoms with Crippen molar-refractivity contribution in [3.05, 3.63) is 28.3 Å². The largest absolute Gasteiger partial charge is 0.444 e. The number of imidazole rings is 1. The normalized spacial score (nSPS) is 18.6. The Morgan fingerprint density at radius 3 is 2.89 bits per heavy atom. The number of nitrogens with zero attached hydrogens (tertiary/aromatic N) is 3. The van der Waals surface area contributed by atoms with Crippen molar-refractivity contribution >= 4 is 33.6 Å². The molecule has 2 heterocycles. The summed E-state index contributed by atoms with van der Waals surface area (Å²) in [7, 11) is -1.47. The number of hydrogen-bond acceptors (Lipinski definition) is 6. The first kappa shape index (κ1) is 19.3. The van der Waals surface area contributed by atoms with Crippen molar-refractivity contribution < 1.29 is 18.7 Å². The molecule has 1 N–H and O–H groups in total. The van der Waals surface area contributed by atoms with Crippen LogP contribution in [0.25, 0.3) is 11.0 Å². The third-order valence-corrected chi connectivity index (χ3v) is 5.53. The smallest absolute Gasteiger partial charge is 0.410 e. The number of carbonyl (C=O) groups is 1. The highest BCUT2D eigenvalue weighted by Gasteiger charge is 2.33. The molecule has 1 aliphatic heterocycles. The van der Waals surface area contributed by atoms with Crippen LogP contribution in [0.15, 0.2) is 23.4 Å². The summed E-state index contributed by atoms with van der Waals surface area (Å²) in [5.41, 5.74) is 0.328. The molecule has 1 amide bonds. The van der Waals surface area contributed by atoms with Gasteiger partial charge >= 0.3 is 6.09 Å². The van der Waals surface area contributed by atoms with Crippen LogP contribution in [0.3, 0.4) is 0 Å². The van der Waals surface area contributed by atoms with Crippen molar-refractivity contribution in [3.8, 4) is 0 Å². The Kier molecular flexibility index (Phi) is 5.18. The van der Waals surface area contributed by atoms with Crippen LogP contribution in [0, 0.1) is 10.1 Å². The molecule has 0 saturated carbocycles. The lowest BCUT2D eigenvalue weighted by Gasteiger charge is -2.28. The van der Waals surface area contributed by atoms with Gasteiger partial charge in [0.05, 0.1) is 32.5 Å². The number of amides is 1. The average molecular weight is 394 g/mol. The summed E-state index contributed by atoms with van der Waals surface area (Å²) in [6, 6.07) is 4.05. The van der Waals surface area contributed by atoms with Crippen LogP contribution in [0.4, 0.5) is 10.5 Å². The molecule has 1 saturated heterocycles. The molecule has 1 aromatic carbocycles. The molecule has 0 spiro atoms. The molecule has 1 aromatic heterocycles. The fraction of sp³-hybridized carbons (Fsp3) is 0.529. The minimum absolute atomic E-state index is 0.0598. The van der Waals surface area contributed by atoms with Crippen LogP contribution in [-0.2, 0) is 15.5 Å². The van der Waals surface area contributed by atoms with Crippen LogP contribution < -0.4 is 0 Å². The zero-order chi connectivity index (χ0) is 19.8. The first-order valence-corrected chi connectivity index (χ1v) is 9.98. The fourth-order valence-electron chi connectivity index (χ4n) is 3.02. The molecule has 1 fully saturated rings. The topological polar surface area (TPSA) is 118 Å². The van der Waals surface area contributed by atoms with E-state index in [2.05, 4.69) is 9.97 Å². The van der Waals surface area contributed by atoms with Gasteiger partial charge < -0.3 is 14.6 Å². The third-order valence-electron chi connectivity index (χ3n) is 4.22. The van der Waals surface area contributed by atoms with E-state index in [0.717, 1.165) is 12.8 Å². The number of nitro groups is 1. The van der Waals surface area contributed by atoms with E-state index in [-0.39, 0.29) is 22.6 Å². The SMILES string of the molecule is CC(C)(C)OC(=O)N1CCC[C@@H]1C[S@@](=O)c1nc2ccc([N+](=O)[O-])cc2[nH]1. The van der Waals surface area contributed by atoms with E-state index in [1.807, 2.05) is 20.8 Å². The number of fused-ring (bicyclic) bond motifs is 1. The number of H-pyrrole nitrogens is 1. The van der Waals surface area contributed by atoms with Gasteiger partial charge in [0.1, 0.15) is 5.60 Å². The lowest BCUT2D eigenvalue weighted by atomic mass is 10.2. The number of nitrogens with one attached hydrogen (secondary N) is 1. The second-order valence-electron chi connectivity index (χ2n) is 7.48. The number of non-ortho nitro benzene ring substituents is 1. The van der Waals surface area contributed by atoms with Crippen LogP contribution in [0.1, 0.15) is 33.6 Å². The Labute approximate surface area is 158 Å². The van der Waals surface area contributed by atoms with Gasteiger partial charge in [-0.1, -0.05) is 0 Å².